The Morgan fingerprint density at radius 2 is 2.00 bits per heavy atom. The van der Waals surface area contributed by atoms with E-state index in [1.807, 2.05) is 0 Å². The molecular weight excluding hydrogens is 234 g/mol. The molecule has 6 heteroatoms. The summed E-state index contributed by atoms with van der Waals surface area (Å²) >= 11 is 0. The minimum absolute atomic E-state index is 0.0164. The summed E-state index contributed by atoms with van der Waals surface area (Å²) in [6.07, 6.45) is 6.09. The summed E-state index contributed by atoms with van der Waals surface area (Å²) in [7, 11) is 0. The topological polar surface area (TPSA) is 82.1 Å². The lowest BCUT2D eigenvalue weighted by Crippen LogP contribution is -1.90. The van der Waals surface area contributed by atoms with Crippen LogP contribution in [0.2, 0.25) is 0 Å². The molecule has 0 fully saturated rings. The number of non-ortho nitro benzene ring substituents is 1. The molecule has 3 rings (SSSR count). The lowest BCUT2D eigenvalue weighted by Gasteiger charge is -2.01. The van der Waals surface area contributed by atoms with Gasteiger partial charge in [0.2, 0.25) is 0 Å². The molecular formula is C12H7N3O3. The van der Waals surface area contributed by atoms with Crippen LogP contribution in [0.5, 0.6) is 0 Å². The van der Waals surface area contributed by atoms with Gasteiger partial charge in [-0.2, -0.15) is 0 Å². The smallest absolute Gasteiger partial charge is 0.270 e. The molecule has 0 amide bonds. The number of nitro groups is 1. The summed E-state index contributed by atoms with van der Waals surface area (Å²) in [4.78, 5) is 18.3. The molecule has 18 heavy (non-hydrogen) atoms. The van der Waals surface area contributed by atoms with Crippen molar-refractivity contribution >= 4 is 16.7 Å². The number of hydrogen-bond acceptors (Lipinski definition) is 5. The fraction of sp³-hybridized carbons (Fsp3) is 0. The minimum atomic E-state index is -0.431. The van der Waals surface area contributed by atoms with Gasteiger partial charge in [-0.1, -0.05) is 0 Å². The highest BCUT2D eigenvalue weighted by atomic mass is 16.6. The predicted octanol–water partition coefficient (Wildman–Crippen LogP) is 2.80. The number of fused-ring (bicyclic) bond motifs is 1. The van der Waals surface area contributed by atoms with Crippen LogP contribution in [0, 0.1) is 10.1 Å². The van der Waals surface area contributed by atoms with Crippen molar-refractivity contribution in [2.75, 3.05) is 0 Å². The van der Waals surface area contributed by atoms with E-state index in [9.17, 15) is 10.1 Å². The Kier molecular flexibility index (Phi) is 2.26. The van der Waals surface area contributed by atoms with Gasteiger partial charge in [-0.05, 0) is 6.07 Å². The number of aromatic nitrogens is 2. The van der Waals surface area contributed by atoms with Crippen LogP contribution in [0.25, 0.3) is 22.1 Å². The average molecular weight is 241 g/mol. The second-order valence-electron chi connectivity index (χ2n) is 3.72. The molecule has 0 atom stereocenters. The van der Waals surface area contributed by atoms with Crippen molar-refractivity contribution in [3.63, 3.8) is 0 Å². The van der Waals surface area contributed by atoms with Crippen molar-refractivity contribution in [2.24, 2.45) is 0 Å². The number of hydrogen-bond donors (Lipinski definition) is 0. The van der Waals surface area contributed by atoms with Crippen molar-refractivity contribution in [1.82, 2.24) is 9.97 Å². The van der Waals surface area contributed by atoms with Crippen molar-refractivity contribution in [2.45, 2.75) is 0 Å². The van der Waals surface area contributed by atoms with Gasteiger partial charge in [0.25, 0.3) is 5.69 Å². The first kappa shape index (κ1) is 10.4. The Bertz CT molecular complexity index is 722. The Morgan fingerprint density at radius 3 is 2.72 bits per heavy atom. The van der Waals surface area contributed by atoms with Gasteiger partial charge in [0.05, 0.1) is 11.2 Å². The Balaban J connectivity index is 2.33. The summed E-state index contributed by atoms with van der Waals surface area (Å²) in [6, 6.07) is 4.63. The number of rotatable bonds is 2. The number of benzene rings is 1. The summed E-state index contributed by atoms with van der Waals surface area (Å²) in [5.74, 6) is 0. The van der Waals surface area contributed by atoms with E-state index in [2.05, 4.69) is 9.97 Å². The standard InChI is InChI=1S/C12H7N3O3/c16-15(17)10-3-8-1-2-18-12(8)11(4-10)9-5-13-7-14-6-9/h1-7H. The van der Waals surface area contributed by atoms with Crippen LogP contribution in [0.3, 0.4) is 0 Å². The van der Waals surface area contributed by atoms with Gasteiger partial charge in [0.15, 0.2) is 0 Å². The van der Waals surface area contributed by atoms with Crippen LogP contribution < -0.4 is 0 Å². The van der Waals surface area contributed by atoms with E-state index < -0.39 is 4.92 Å². The molecule has 0 saturated carbocycles. The third kappa shape index (κ3) is 1.60. The van der Waals surface area contributed by atoms with Crippen molar-refractivity contribution in [3.8, 4) is 11.1 Å². The fourth-order valence-electron chi connectivity index (χ4n) is 1.82. The zero-order valence-corrected chi connectivity index (χ0v) is 9.11. The van der Waals surface area contributed by atoms with E-state index in [-0.39, 0.29) is 5.69 Å². The van der Waals surface area contributed by atoms with E-state index >= 15 is 0 Å². The first-order valence-corrected chi connectivity index (χ1v) is 5.17. The van der Waals surface area contributed by atoms with Crippen LogP contribution in [0.15, 0.2) is 47.6 Å². The monoisotopic (exact) mass is 241 g/mol. The number of furan rings is 1. The molecule has 0 N–H and O–H groups in total. The maximum Gasteiger partial charge on any atom is 0.270 e. The molecule has 0 unspecified atom stereocenters. The Hall–Kier alpha value is -2.76. The molecule has 0 aliphatic heterocycles. The fourth-order valence-corrected chi connectivity index (χ4v) is 1.82. The minimum Gasteiger partial charge on any atom is -0.464 e. The maximum absolute atomic E-state index is 10.9. The SMILES string of the molecule is O=[N+]([O-])c1cc(-c2cncnc2)c2occc2c1. The summed E-state index contributed by atoms with van der Waals surface area (Å²) < 4.78 is 5.36. The van der Waals surface area contributed by atoms with Crippen LogP contribution in [-0.4, -0.2) is 14.9 Å². The molecule has 0 bridgehead atoms. The van der Waals surface area contributed by atoms with Gasteiger partial charge in [0, 0.05) is 41.0 Å². The lowest BCUT2D eigenvalue weighted by atomic mass is 10.1. The Morgan fingerprint density at radius 1 is 1.22 bits per heavy atom. The lowest BCUT2D eigenvalue weighted by molar-refractivity contribution is -0.384. The van der Waals surface area contributed by atoms with E-state index in [0.29, 0.717) is 22.1 Å². The molecule has 0 saturated heterocycles. The van der Waals surface area contributed by atoms with Crippen molar-refractivity contribution in [3.05, 3.63) is 53.3 Å². The van der Waals surface area contributed by atoms with Gasteiger partial charge in [-0.15, -0.1) is 0 Å². The molecule has 2 aromatic heterocycles. The maximum atomic E-state index is 10.9. The number of nitro benzene ring substituents is 1. The zero-order chi connectivity index (χ0) is 12.5. The molecule has 0 aliphatic rings. The molecule has 88 valence electrons. The average Bonchev–Trinajstić information content (AvgIpc) is 2.86. The molecule has 3 aromatic rings. The zero-order valence-electron chi connectivity index (χ0n) is 9.11. The second kappa shape index (κ2) is 3.92. The molecule has 6 nitrogen and oxygen atoms in total. The molecule has 0 spiro atoms. The number of nitrogens with zero attached hydrogens (tertiary/aromatic N) is 3. The first-order valence-electron chi connectivity index (χ1n) is 5.17. The highest BCUT2D eigenvalue weighted by Gasteiger charge is 2.15. The molecule has 0 aliphatic carbocycles. The van der Waals surface area contributed by atoms with Gasteiger partial charge in [0.1, 0.15) is 11.9 Å². The van der Waals surface area contributed by atoms with Crippen LogP contribution >= 0.6 is 0 Å². The first-order chi connectivity index (χ1) is 8.75. The summed E-state index contributed by atoms with van der Waals surface area (Å²) in [6.45, 7) is 0. The highest BCUT2D eigenvalue weighted by Crippen LogP contribution is 2.32. The van der Waals surface area contributed by atoms with E-state index in [1.54, 1.807) is 18.5 Å². The molecule has 0 radical (unpaired) electrons. The highest BCUT2D eigenvalue weighted by molar-refractivity contribution is 5.94. The van der Waals surface area contributed by atoms with Crippen molar-refractivity contribution in [1.29, 1.82) is 0 Å². The van der Waals surface area contributed by atoms with Gasteiger partial charge < -0.3 is 4.42 Å². The van der Waals surface area contributed by atoms with Crippen LogP contribution in [-0.2, 0) is 0 Å². The third-order valence-electron chi connectivity index (χ3n) is 2.62. The van der Waals surface area contributed by atoms with Crippen LogP contribution in [0.1, 0.15) is 0 Å². The van der Waals surface area contributed by atoms with E-state index in [1.165, 1.54) is 24.7 Å². The summed E-state index contributed by atoms with van der Waals surface area (Å²) in [5, 5.41) is 11.6. The van der Waals surface area contributed by atoms with Gasteiger partial charge in [-0.3, -0.25) is 10.1 Å². The molecule has 1 aromatic carbocycles. The van der Waals surface area contributed by atoms with E-state index in [0.717, 1.165) is 0 Å². The Labute approximate surface area is 101 Å². The second-order valence-corrected chi connectivity index (χ2v) is 3.72. The predicted molar refractivity (Wildman–Crippen MR) is 63.9 cm³/mol. The third-order valence-corrected chi connectivity index (χ3v) is 2.62. The van der Waals surface area contributed by atoms with Crippen molar-refractivity contribution < 1.29 is 9.34 Å². The quantitative estimate of drug-likeness (QED) is 0.509. The molecule has 2 heterocycles. The van der Waals surface area contributed by atoms with Gasteiger partial charge >= 0.3 is 0 Å². The van der Waals surface area contributed by atoms with E-state index in [4.69, 9.17) is 4.42 Å². The van der Waals surface area contributed by atoms with Gasteiger partial charge in [-0.25, -0.2) is 9.97 Å². The largest absolute Gasteiger partial charge is 0.464 e. The normalized spacial score (nSPS) is 10.7. The summed E-state index contributed by atoms with van der Waals surface area (Å²) in [5.41, 5.74) is 1.91. The van der Waals surface area contributed by atoms with Crippen LogP contribution in [0.4, 0.5) is 5.69 Å².